The van der Waals surface area contributed by atoms with E-state index in [0.717, 1.165) is 50.6 Å². The molecule has 3 saturated heterocycles. The molecule has 38 heavy (non-hydrogen) atoms. The van der Waals surface area contributed by atoms with Crippen molar-refractivity contribution in [3.05, 3.63) is 35.8 Å². The third kappa shape index (κ3) is 5.80. The van der Waals surface area contributed by atoms with Crippen LogP contribution in [0.5, 0.6) is 5.75 Å². The number of hydrogen-bond acceptors (Lipinski definition) is 7. The first-order valence-electron chi connectivity index (χ1n) is 13.0. The maximum atomic E-state index is 14.6. The van der Waals surface area contributed by atoms with Gasteiger partial charge in [-0.15, -0.1) is 0 Å². The fourth-order valence-electron chi connectivity index (χ4n) is 6.00. The van der Waals surface area contributed by atoms with Gasteiger partial charge in [0.2, 0.25) is 5.95 Å². The van der Waals surface area contributed by atoms with Crippen LogP contribution in [0.4, 0.5) is 39.4 Å². The summed E-state index contributed by atoms with van der Waals surface area (Å²) in [6, 6.07) is 3.82. The summed E-state index contributed by atoms with van der Waals surface area (Å²) < 4.78 is 75.7. The van der Waals surface area contributed by atoms with E-state index in [0.29, 0.717) is 12.6 Å². The molecule has 1 aromatic heterocycles. The number of nitrogens with zero attached hydrogens (tertiary/aromatic N) is 3. The molecule has 0 aliphatic carbocycles. The van der Waals surface area contributed by atoms with Crippen molar-refractivity contribution in [3.63, 3.8) is 0 Å². The molecule has 0 radical (unpaired) electrons. The first kappa shape index (κ1) is 26.9. The maximum absolute atomic E-state index is 14.6. The standard InChI is InChI=1S/C26H33F5N6O/c1-25(2)12-16(10-17-4-3-9-37(17)25)34-23-20(28)14-33-24(36-23)35-15-5-6-21(18(11-15)26(29,30)31)38-22-7-8-32-13-19(22)27/h5-6,11,14,16-17,19,22,32H,3-4,7-10,12-13H2,1-2H3,(H2,33,34,35,36)/t16-,17+,19-,22?/m1/s1. The molecule has 1 unspecified atom stereocenters. The highest BCUT2D eigenvalue weighted by molar-refractivity contribution is 5.59. The van der Waals surface area contributed by atoms with Crippen molar-refractivity contribution in [1.29, 1.82) is 0 Å². The molecule has 3 aliphatic rings. The maximum Gasteiger partial charge on any atom is 0.420 e. The lowest BCUT2D eigenvalue weighted by molar-refractivity contribution is -0.139. The lowest BCUT2D eigenvalue weighted by atomic mass is 9.84. The van der Waals surface area contributed by atoms with Gasteiger partial charge in [0.1, 0.15) is 18.0 Å². The minimum absolute atomic E-state index is 0.00387. The second-order valence-corrected chi connectivity index (χ2v) is 11.0. The van der Waals surface area contributed by atoms with Gasteiger partial charge < -0.3 is 20.7 Å². The number of piperidine rings is 2. The van der Waals surface area contributed by atoms with Crippen molar-refractivity contribution < 1.29 is 26.7 Å². The fourth-order valence-corrected chi connectivity index (χ4v) is 6.00. The van der Waals surface area contributed by atoms with Gasteiger partial charge >= 0.3 is 6.18 Å². The predicted octanol–water partition coefficient (Wildman–Crippen LogP) is 5.27. The number of fused-ring (bicyclic) bond motifs is 1. The summed E-state index contributed by atoms with van der Waals surface area (Å²) in [6.45, 7) is 5.93. The van der Waals surface area contributed by atoms with Crippen molar-refractivity contribution in [2.75, 3.05) is 30.3 Å². The van der Waals surface area contributed by atoms with Crippen molar-refractivity contribution >= 4 is 17.5 Å². The van der Waals surface area contributed by atoms with E-state index in [1.54, 1.807) is 0 Å². The van der Waals surface area contributed by atoms with Crippen molar-refractivity contribution in [2.24, 2.45) is 0 Å². The lowest BCUT2D eigenvalue weighted by Gasteiger charge is -2.47. The predicted molar refractivity (Wildman–Crippen MR) is 134 cm³/mol. The molecule has 2 aromatic rings. The molecule has 0 saturated carbocycles. The molecular weight excluding hydrogens is 507 g/mol. The van der Waals surface area contributed by atoms with Gasteiger partial charge in [0.15, 0.2) is 11.6 Å². The van der Waals surface area contributed by atoms with Gasteiger partial charge in [0, 0.05) is 29.9 Å². The highest BCUT2D eigenvalue weighted by atomic mass is 19.4. The summed E-state index contributed by atoms with van der Waals surface area (Å²) in [5, 5.41) is 8.79. The molecule has 0 spiro atoms. The number of ether oxygens (including phenoxy) is 1. The molecule has 0 amide bonds. The smallest absolute Gasteiger partial charge is 0.420 e. The molecule has 0 bridgehead atoms. The number of aromatic nitrogens is 2. The third-order valence-electron chi connectivity index (χ3n) is 7.71. The summed E-state index contributed by atoms with van der Waals surface area (Å²) in [5.41, 5.74) is -1.03. The van der Waals surface area contributed by atoms with Gasteiger partial charge in [-0.05, 0) is 77.2 Å². The Labute approximate surface area is 218 Å². The van der Waals surface area contributed by atoms with Crippen LogP contribution in [0.3, 0.4) is 0 Å². The van der Waals surface area contributed by atoms with Crippen LogP contribution in [-0.2, 0) is 6.18 Å². The highest BCUT2D eigenvalue weighted by Crippen LogP contribution is 2.40. The number of rotatable bonds is 6. The van der Waals surface area contributed by atoms with Gasteiger partial charge in [-0.2, -0.15) is 18.2 Å². The molecule has 3 N–H and O–H groups in total. The number of benzene rings is 1. The summed E-state index contributed by atoms with van der Waals surface area (Å²) in [6.07, 6.45) is -1.93. The zero-order valence-corrected chi connectivity index (χ0v) is 21.4. The van der Waals surface area contributed by atoms with Crippen LogP contribution in [0.15, 0.2) is 24.4 Å². The Hall–Kier alpha value is -2.73. The number of halogens is 5. The monoisotopic (exact) mass is 540 g/mol. The Balaban J connectivity index is 1.32. The number of nitrogens with one attached hydrogen (secondary N) is 3. The van der Waals surface area contributed by atoms with Gasteiger partial charge in [0.05, 0.1) is 11.8 Å². The zero-order chi connectivity index (χ0) is 27.1. The molecule has 208 valence electrons. The third-order valence-corrected chi connectivity index (χ3v) is 7.71. The minimum Gasteiger partial charge on any atom is -0.487 e. The topological polar surface area (TPSA) is 74.3 Å². The average Bonchev–Trinajstić information content (AvgIpc) is 3.32. The summed E-state index contributed by atoms with van der Waals surface area (Å²) in [4.78, 5) is 10.6. The summed E-state index contributed by atoms with van der Waals surface area (Å²) in [7, 11) is 0. The second kappa shape index (κ2) is 10.4. The number of hydrogen-bond donors (Lipinski definition) is 3. The SMILES string of the molecule is CC1(C)C[C@H](Nc2nc(Nc3ccc(OC4CCNC[C@H]4F)c(C(F)(F)F)c3)ncc2F)C[C@@H]2CCCN21. The molecule has 3 fully saturated rings. The molecule has 4 heterocycles. The fraction of sp³-hybridized carbons (Fsp3) is 0.615. The lowest BCUT2D eigenvalue weighted by Crippen LogP contribution is -2.55. The van der Waals surface area contributed by atoms with Crippen LogP contribution in [-0.4, -0.2) is 64.4 Å². The van der Waals surface area contributed by atoms with Gasteiger partial charge in [0.25, 0.3) is 0 Å². The van der Waals surface area contributed by atoms with Crippen molar-refractivity contribution in [1.82, 2.24) is 20.2 Å². The molecule has 7 nitrogen and oxygen atoms in total. The van der Waals surface area contributed by atoms with E-state index in [1.807, 2.05) is 0 Å². The molecule has 3 aliphatic heterocycles. The highest BCUT2D eigenvalue weighted by Gasteiger charge is 2.43. The van der Waals surface area contributed by atoms with Gasteiger partial charge in [-0.25, -0.2) is 13.8 Å². The van der Waals surface area contributed by atoms with E-state index in [4.69, 9.17) is 4.74 Å². The Kier molecular flexibility index (Phi) is 7.38. The first-order valence-corrected chi connectivity index (χ1v) is 13.0. The van der Waals surface area contributed by atoms with E-state index in [9.17, 15) is 22.0 Å². The molecular formula is C26H33F5N6O. The first-order chi connectivity index (χ1) is 18.0. The van der Waals surface area contributed by atoms with Crippen LogP contribution in [0.1, 0.15) is 51.5 Å². The van der Waals surface area contributed by atoms with Gasteiger partial charge in [-0.3, -0.25) is 4.90 Å². The van der Waals surface area contributed by atoms with Crippen LogP contribution in [0, 0.1) is 5.82 Å². The minimum atomic E-state index is -4.73. The van der Waals surface area contributed by atoms with Crippen LogP contribution in [0.25, 0.3) is 0 Å². The van der Waals surface area contributed by atoms with E-state index in [2.05, 4.69) is 44.7 Å². The largest absolute Gasteiger partial charge is 0.487 e. The van der Waals surface area contributed by atoms with Crippen LogP contribution in [0.2, 0.25) is 0 Å². The van der Waals surface area contributed by atoms with Crippen molar-refractivity contribution in [2.45, 2.75) is 82.0 Å². The van der Waals surface area contributed by atoms with E-state index in [1.165, 1.54) is 6.07 Å². The molecule has 1 aromatic carbocycles. The molecule has 4 atom stereocenters. The summed E-state index contributed by atoms with van der Waals surface area (Å²) >= 11 is 0. The number of alkyl halides is 4. The normalized spacial score (nSPS) is 27.6. The van der Waals surface area contributed by atoms with E-state index >= 15 is 0 Å². The van der Waals surface area contributed by atoms with E-state index in [-0.39, 0.29) is 42.0 Å². The average molecular weight is 541 g/mol. The summed E-state index contributed by atoms with van der Waals surface area (Å²) in [5.74, 6) is -1.12. The quantitative estimate of drug-likeness (QED) is 0.431. The van der Waals surface area contributed by atoms with E-state index < -0.39 is 35.6 Å². The second-order valence-electron chi connectivity index (χ2n) is 11.0. The number of anilines is 3. The molecule has 12 heteroatoms. The Morgan fingerprint density at radius 1 is 1.21 bits per heavy atom. The Bertz CT molecular complexity index is 1150. The Morgan fingerprint density at radius 2 is 2.03 bits per heavy atom. The zero-order valence-electron chi connectivity index (χ0n) is 21.4. The van der Waals surface area contributed by atoms with Gasteiger partial charge in [-0.1, -0.05) is 0 Å². The van der Waals surface area contributed by atoms with Crippen molar-refractivity contribution in [3.8, 4) is 5.75 Å². The molecule has 5 rings (SSSR count). The van der Waals surface area contributed by atoms with Crippen LogP contribution >= 0.6 is 0 Å². The Morgan fingerprint density at radius 3 is 2.79 bits per heavy atom. The van der Waals surface area contributed by atoms with Crippen LogP contribution < -0.4 is 20.7 Å².